The van der Waals surface area contributed by atoms with Crippen LogP contribution in [0, 0.1) is 11.3 Å². The Hall–Kier alpha value is -2.94. The number of nitrogens with zero attached hydrogens (tertiary/aromatic N) is 3. The summed E-state index contributed by atoms with van der Waals surface area (Å²) in [4.78, 5) is 24.4. The lowest BCUT2D eigenvalue weighted by atomic mass is 10.1. The molecule has 19 heavy (non-hydrogen) atoms. The van der Waals surface area contributed by atoms with Crippen molar-refractivity contribution in [1.82, 2.24) is 10.2 Å². The Morgan fingerprint density at radius 3 is 2.68 bits per heavy atom. The van der Waals surface area contributed by atoms with E-state index in [4.69, 9.17) is 5.26 Å². The molecule has 0 aliphatic heterocycles. The minimum absolute atomic E-state index is 0.106. The number of anilines is 1. The molecule has 1 heterocycles. The van der Waals surface area contributed by atoms with E-state index in [1.54, 1.807) is 31.3 Å². The van der Waals surface area contributed by atoms with Crippen LogP contribution in [0.15, 0.2) is 41.2 Å². The van der Waals surface area contributed by atoms with Crippen molar-refractivity contribution in [2.45, 2.75) is 0 Å². The van der Waals surface area contributed by atoms with E-state index < -0.39 is 5.91 Å². The first-order valence-electron chi connectivity index (χ1n) is 5.46. The van der Waals surface area contributed by atoms with Crippen molar-refractivity contribution < 1.29 is 4.79 Å². The minimum Gasteiger partial charge on any atom is -0.309 e. The van der Waals surface area contributed by atoms with Crippen molar-refractivity contribution in [1.29, 1.82) is 5.26 Å². The monoisotopic (exact) mass is 254 g/mol. The van der Waals surface area contributed by atoms with Gasteiger partial charge in [0.05, 0.1) is 11.3 Å². The van der Waals surface area contributed by atoms with Gasteiger partial charge in [0.1, 0.15) is 11.8 Å². The predicted molar refractivity (Wildman–Crippen MR) is 68.7 cm³/mol. The molecule has 0 atom stereocenters. The number of benzene rings is 1. The SMILES string of the molecule is CN(C(=O)c1ccc(=O)[nH]n1)c1ccccc1C#N. The van der Waals surface area contributed by atoms with Crippen LogP contribution >= 0.6 is 0 Å². The zero-order chi connectivity index (χ0) is 13.8. The van der Waals surface area contributed by atoms with Gasteiger partial charge in [-0.05, 0) is 18.2 Å². The number of rotatable bonds is 2. The van der Waals surface area contributed by atoms with E-state index >= 15 is 0 Å². The van der Waals surface area contributed by atoms with Crippen molar-refractivity contribution in [2.75, 3.05) is 11.9 Å². The molecule has 0 radical (unpaired) electrons. The highest BCUT2D eigenvalue weighted by atomic mass is 16.2. The number of hydrogen-bond acceptors (Lipinski definition) is 4. The van der Waals surface area contributed by atoms with Gasteiger partial charge in [0, 0.05) is 13.1 Å². The van der Waals surface area contributed by atoms with Crippen LogP contribution in [0.3, 0.4) is 0 Å². The number of aromatic nitrogens is 2. The summed E-state index contributed by atoms with van der Waals surface area (Å²) in [5.41, 5.74) is 0.609. The van der Waals surface area contributed by atoms with E-state index in [0.29, 0.717) is 11.3 Å². The van der Waals surface area contributed by atoms with Crippen molar-refractivity contribution >= 4 is 11.6 Å². The van der Waals surface area contributed by atoms with Gasteiger partial charge in [0.25, 0.3) is 11.5 Å². The number of nitriles is 1. The summed E-state index contributed by atoms with van der Waals surface area (Å²) < 4.78 is 0. The Balaban J connectivity index is 2.36. The van der Waals surface area contributed by atoms with Gasteiger partial charge in [-0.15, -0.1) is 0 Å². The summed E-state index contributed by atoms with van der Waals surface area (Å²) in [6.45, 7) is 0. The van der Waals surface area contributed by atoms with Crippen LogP contribution in [0.5, 0.6) is 0 Å². The maximum absolute atomic E-state index is 12.2. The van der Waals surface area contributed by atoms with Crippen molar-refractivity contribution in [2.24, 2.45) is 0 Å². The molecule has 2 aromatic rings. The topological polar surface area (TPSA) is 89.8 Å². The van der Waals surface area contributed by atoms with Gasteiger partial charge in [0.2, 0.25) is 0 Å². The molecule has 1 aromatic carbocycles. The van der Waals surface area contributed by atoms with Gasteiger partial charge in [-0.1, -0.05) is 12.1 Å². The zero-order valence-corrected chi connectivity index (χ0v) is 10.1. The zero-order valence-electron chi connectivity index (χ0n) is 10.1. The molecule has 0 saturated carbocycles. The van der Waals surface area contributed by atoms with E-state index in [2.05, 4.69) is 10.2 Å². The maximum Gasteiger partial charge on any atom is 0.278 e. The number of carbonyl (C=O) groups excluding carboxylic acids is 1. The maximum atomic E-state index is 12.2. The molecule has 1 N–H and O–H groups in total. The number of nitrogens with one attached hydrogen (secondary N) is 1. The predicted octanol–water partition coefficient (Wildman–Crippen LogP) is 0.918. The lowest BCUT2D eigenvalue weighted by Crippen LogP contribution is -2.28. The van der Waals surface area contributed by atoms with Crippen LogP contribution in [-0.4, -0.2) is 23.2 Å². The molecule has 1 aromatic heterocycles. The highest BCUT2D eigenvalue weighted by Gasteiger charge is 2.17. The van der Waals surface area contributed by atoms with Crippen molar-refractivity contribution in [3.63, 3.8) is 0 Å². The Morgan fingerprint density at radius 1 is 1.32 bits per heavy atom. The molecule has 0 unspecified atom stereocenters. The largest absolute Gasteiger partial charge is 0.309 e. The average Bonchev–Trinajstić information content (AvgIpc) is 2.46. The molecule has 1 amide bonds. The van der Waals surface area contributed by atoms with E-state index in [1.165, 1.54) is 17.0 Å². The van der Waals surface area contributed by atoms with Crippen LogP contribution in [0.1, 0.15) is 16.1 Å². The van der Waals surface area contributed by atoms with Gasteiger partial charge in [0.15, 0.2) is 0 Å². The molecule has 94 valence electrons. The number of aromatic amines is 1. The van der Waals surface area contributed by atoms with Crippen molar-refractivity contribution in [3.05, 3.63) is 58.0 Å². The van der Waals surface area contributed by atoms with Crippen LogP contribution in [0.25, 0.3) is 0 Å². The molecule has 0 spiro atoms. The van der Waals surface area contributed by atoms with Gasteiger partial charge < -0.3 is 4.90 Å². The normalized spacial score (nSPS) is 9.68. The third-order valence-electron chi connectivity index (χ3n) is 2.59. The second-order valence-corrected chi connectivity index (χ2v) is 3.80. The molecule has 2 rings (SSSR count). The Morgan fingerprint density at radius 2 is 2.05 bits per heavy atom. The molecular weight excluding hydrogens is 244 g/mol. The number of H-pyrrole nitrogens is 1. The second-order valence-electron chi connectivity index (χ2n) is 3.80. The summed E-state index contributed by atoms with van der Waals surface area (Å²) in [6, 6.07) is 11.3. The van der Waals surface area contributed by atoms with Crippen LogP contribution in [0.2, 0.25) is 0 Å². The summed E-state index contributed by atoms with van der Waals surface area (Å²) in [7, 11) is 1.55. The van der Waals surface area contributed by atoms with Gasteiger partial charge >= 0.3 is 0 Å². The van der Waals surface area contributed by atoms with Crippen LogP contribution in [0.4, 0.5) is 5.69 Å². The first-order valence-corrected chi connectivity index (χ1v) is 5.46. The standard InChI is InChI=1S/C13H10N4O2/c1-17(11-5-3-2-4-9(11)8-14)13(19)10-6-7-12(18)16-15-10/h2-7H,1H3,(H,16,18). The van der Waals surface area contributed by atoms with Crippen molar-refractivity contribution in [3.8, 4) is 6.07 Å². The summed E-state index contributed by atoms with van der Waals surface area (Å²) in [5.74, 6) is -0.404. The summed E-state index contributed by atoms with van der Waals surface area (Å²) in [5, 5.41) is 14.9. The third-order valence-corrected chi connectivity index (χ3v) is 2.59. The Kier molecular flexibility index (Phi) is 3.39. The molecule has 0 aliphatic rings. The molecule has 0 aliphatic carbocycles. The highest BCUT2D eigenvalue weighted by Crippen LogP contribution is 2.19. The molecule has 0 saturated heterocycles. The van der Waals surface area contributed by atoms with Crippen LogP contribution < -0.4 is 10.5 Å². The van der Waals surface area contributed by atoms with E-state index in [-0.39, 0.29) is 11.3 Å². The highest BCUT2D eigenvalue weighted by molar-refractivity contribution is 6.04. The van der Waals surface area contributed by atoms with Crippen LogP contribution in [-0.2, 0) is 0 Å². The van der Waals surface area contributed by atoms with Gasteiger partial charge in [-0.2, -0.15) is 10.4 Å². The average molecular weight is 254 g/mol. The Bertz CT molecular complexity index is 695. The smallest absolute Gasteiger partial charge is 0.278 e. The molecular formula is C13H10N4O2. The summed E-state index contributed by atoms with van der Waals surface area (Å²) >= 11 is 0. The lowest BCUT2D eigenvalue weighted by molar-refractivity contribution is 0.0987. The number of hydrogen-bond donors (Lipinski definition) is 1. The number of carbonyl (C=O) groups is 1. The number of para-hydroxylation sites is 1. The fraction of sp³-hybridized carbons (Fsp3) is 0.0769. The quantitative estimate of drug-likeness (QED) is 0.862. The van der Waals surface area contributed by atoms with E-state index in [0.717, 1.165) is 0 Å². The van der Waals surface area contributed by atoms with Gasteiger partial charge in [-0.25, -0.2) is 5.10 Å². The van der Waals surface area contributed by atoms with E-state index in [1.807, 2.05) is 6.07 Å². The molecule has 6 heteroatoms. The number of amides is 1. The fourth-order valence-electron chi connectivity index (χ4n) is 1.61. The molecule has 6 nitrogen and oxygen atoms in total. The third kappa shape index (κ3) is 2.50. The first-order chi connectivity index (χ1) is 9.13. The minimum atomic E-state index is -0.404. The fourth-order valence-corrected chi connectivity index (χ4v) is 1.61. The van der Waals surface area contributed by atoms with Gasteiger partial charge in [-0.3, -0.25) is 9.59 Å². The van der Waals surface area contributed by atoms with E-state index in [9.17, 15) is 9.59 Å². The molecule has 0 fully saturated rings. The second kappa shape index (κ2) is 5.14. The lowest BCUT2D eigenvalue weighted by Gasteiger charge is -2.17. The molecule has 0 bridgehead atoms. The summed E-state index contributed by atoms with van der Waals surface area (Å²) in [6.07, 6.45) is 0. The Labute approximate surface area is 108 Å². The first kappa shape index (κ1) is 12.5.